The SMILES string of the molecule is N#Cc1cc(CS(=O)O)ccc1Cl. The van der Waals surface area contributed by atoms with Gasteiger partial charge in [-0.25, -0.2) is 4.21 Å². The van der Waals surface area contributed by atoms with Crippen molar-refractivity contribution < 1.29 is 8.76 Å². The monoisotopic (exact) mass is 215 g/mol. The first-order chi connectivity index (χ1) is 6.13. The Labute approximate surface area is 83.2 Å². The molecule has 0 aliphatic heterocycles. The number of nitriles is 1. The van der Waals surface area contributed by atoms with Crippen LogP contribution in [-0.4, -0.2) is 8.76 Å². The lowest BCUT2D eigenvalue weighted by molar-refractivity contribution is 0.563. The second-order valence-electron chi connectivity index (χ2n) is 2.39. The molecule has 0 amide bonds. The first-order valence-electron chi connectivity index (χ1n) is 3.39. The first kappa shape index (κ1) is 10.2. The van der Waals surface area contributed by atoms with E-state index in [4.69, 9.17) is 21.4 Å². The molecule has 0 heterocycles. The van der Waals surface area contributed by atoms with Crippen LogP contribution in [-0.2, 0) is 16.8 Å². The Bertz CT molecular complexity index is 386. The molecule has 0 fully saturated rings. The fourth-order valence-electron chi connectivity index (χ4n) is 0.890. The van der Waals surface area contributed by atoms with Crippen molar-refractivity contribution >= 4 is 22.7 Å². The Kier molecular flexibility index (Phi) is 3.43. The van der Waals surface area contributed by atoms with Gasteiger partial charge in [-0.05, 0) is 17.7 Å². The molecule has 68 valence electrons. The molecule has 0 aromatic heterocycles. The Morgan fingerprint density at radius 3 is 2.85 bits per heavy atom. The third kappa shape index (κ3) is 2.81. The number of hydrogen-bond acceptors (Lipinski definition) is 2. The lowest BCUT2D eigenvalue weighted by Crippen LogP contribution is -1.93. The van der Waals surface area contributed by atoms with Crippen molar-refractivity contribution in [2.24, 2.45) is 0 Å². The normalized spacial score (nSPS) is 12.1. The van der Waals surface area contributed by atoms with Crippen LogP contribution in [0.4, 0.5) is 0 Å². The standard InChI is InChI=1S/C8H6ClNO2S/c9-8-2-1-6(5-13(11)12)3-7(8)4-10/h1-3H,5H2,(H,11,12). The van der Waals surface area contributed by atoms with E-state index in [9.17, 15) is 4.21 Å². The molecule has 0 saturated heterocycles. The molecule has 3 nitrogen and oxygen atoms in total. The molecule has 0 bridgehead atoms. The molecule has 1 unspecified atom stereocenters. The molecule has 0 radical (unpaired) electrons. The van der Waals surface area contributed by atoms with Crippen molar-refractivity contribution in [1.29, 1.82) is 5.26 Å². The van der Waals surface area contributed by atoms with Gasteiger partial charge >= 0.3 is 0 Å². The summed E-state index contributed by atoms with van der Waals surface area (Å²) in [5.74, 6) is 0.0197. The van der Waals surface area contributed by atoms with Crippen LogP contribution in [0.25, 0.3) is 0 Å². The van der Waals surface area contributed by atoms with E-state index in [2.05, 4.69) is 0 Å². The second kappa shape index (κ2) is 4.38. The number of hydrogen-bond donors (Lipinski definition) is 1. The van der Waals surface area contributed by atoms with E-state index in [0.717, 1.165) is 0 Å². The summed E-state index contributed by atoms with van der Waals surface area (Å²) in [7, 11) is 0. The largest absolute Gasteiger partial charge is 0.306 e. The molecule has 5 heteroatoms. The third-order valence-corrected chi connectivity index (χ3v) is 2.35. The van der Waals surface area contributed by atoms with E-state index >= 15 is 0 Å². The predicted molar refractivity (Wildman–Crippen MR) is 50.6 cm³/mol. The van der Waals surface area contributed by atoms with Gasteiger partial charge in [0.1, 0.15) is 6.07 Å². The van der Waals surface area contributed by atoms with E-state index in [1.165, 1.54) is 6.07 Å². The van der Waals surface area contributed by atoms with Gasteiger partial charge in [0.2, 0.25) is 0 Å². The van der Waals surface area contributed by atoms with Crippen LogP contribution in [0.15, 0.2) is 18.2 Å². The molecule has 1 aromatic rings. The van der Waals surface area contributed by atoms with Crippen LogP contribution >= 0.6 is 11.6 Å². The van der Waals surface area contributed by atoms with E-state index < -0.39 is 11.1 Å². The van der Waals surface area contributed by atoms with Gasteiger partial charge in [0.05, 0.1) is 16.3 Å². The van der Waals surface area contributed by atoms with Gasteiger partial charge in [-0.1, -0.05) is 17.7 Å². The zero-order chi connectivity index (χ0) is 9.84. The van der Waals surface area contributed by atoms with Gasteiger partial charge in [0.25, 0.3) is 0 Å². The fourth-order valence-corrected chi connectivity index (χ4v) is 1.51. The minimum Gasteiger partial charge on any atom is -0.306 e. The quantitative estimate of drug-likeness (QED) is 0.767. The molecule has 1 N–H and O–H groups in total. The molecule has 0 saturated carbocycles. The Hall–Kier alpha value is -0.890. The molecular formula is C8H6ClNO2S. The minimum atomic E-state index is -1.89. The lowest BCUT2D eigenvalue weighted by atomic mass is 10.1. The number of nitrogens with zero attached hydrogens (tertiary/aromatic N) is 1. The number of rotatable bonds is 2. The summed E-state index contributed by atoms with van der Waals surface area (Å²) in [6, 6.07) is 6.57. The Morgan fingerprint density at radius 2 is 2.31 bits per heavy atom. The summed E-state index contributed by atoms with van der Waals surface area (Å²) in [5.41, 5.74) is 0.950. The highest BCUT2D eigenvalue weighted by Crippen LogP contribution is 2.17. The van der Waals surface area contributed by atoms with Gasteiger partial charge in [-0.15, -0.1) is 0 Å². The second-order valence-corrected chi connectivity index (χ2v) is 3.73. The molecule has 0 spiro atoms. The van der Waals surface area contributed by atoms with Gasteiger partial charge in [0, 0.05) is 0 Å². The van der Waals surface area contributed by atoms with Gasteiger partial charge in [-0.3, -0.25) is 0 Å². The highest BCUT2D eigenvalue weighted by Gasteiger charge is 2.02. The molecule has 0 aliphatic rings. The topological polar surface area (TPSA) is 61.1 Å². The summed E-state index contributed by atoms with van der Waals surface area (Å²) < 4.78 is 19.0. The van der Waals surface area contributed by atoms with Gasteiger partial charge < -0.3 is 4.55 Å². The number of halogens is 1. The lowest BCUT2D eigenvalue weighted by Gasteiger charge is -1.99. The summed E-state index contributed by atoms with van der Waals surface area (Å²) in [6.45, 7) is 0. The molecule has 0 aliphatic carbocycles. The average Bonchev–Trinajstić information content (AvgIpc) is 2.07. The Morgan fingerprint density at radius 1 is 1.62 bits per heavy atom. The maximum Gasteiger partial charge on any atom is 0.157 e. The first-order valence-corrected chi connectivity index (χ1v) is 5.05. The summed E-state index contributed by atoms with van der Waals surface area (Å²) in [5, 5.41) is 8.96. The maximum atomic E-state index is 10.4. The molecular weight excluding hydrogens is 210 g/mol. The van der Waals surface area contributed by atoms with Crippen LogP contribution in [0.2, 0.25) is 5.02 Å². The zero-order valence-corrected chi connectivity index (χ0v) is 8.10. The van der Waals surface area contributed by atoms with Gasteiger partial charge in [-0.2, -0.15) is 5.26 Å². The van der Waals surface area contributed by atoms with Crippen LogP contribution < -0.4 is 0 Å². The molecule has 1 rings (SSSR count). The summed E-state index contributed by atoms with van der Waals surface area (Å²) >= 11 is 3.79. The van der Waals surface area contributed by atoms with Crippen molar-refractivity contribution in [3.63, 3.8) is 0 Å². The summed E-state index contributed by atoms with van der Waals surface area (Å²) in [6.07, 6.45) is 0. The zero-order valence-electron chi connectivity index (χ0n) is 6.53. The number of benzene rings is 1. The molecule has 1 atom stereocenters. The minimum absolute atomic E-state index is 0.0197. The maximum absolute atomic E-state index is 10.4. The van der Waals surface area contributed by atoms with Crippen molar-refractivity contribution in [3.8, 4) is 6.07 Å². The van der Waals surface area contributed by atoms with E-state index in [-0.39, 0.29) is 5.75 Å². The van der Waals surface area contributed by atoms with Crippen LogP contribution in [0.5, 0.6) is 0 Å². The van der Waals surface area contributed by atoms with Crippen LogP contribution in [0, 0.1) is 11.3 Å². The van der Waals surface area contributed by atoms with E-state index in [0.29, 0.717) is 16.1 Å². The smallest absolute Gasteiger partial charge is 0.157 e. The van der Waals surface area contributed by atoms with Crippen molar-refractivity contribution in [3.05, 3.63) is 34.3 Å². The Balaban J connectivity index is 3.01. The predicted octanol–water partition coefficient (Wildman–Crippen LogP) is 1.93. The molecule has 13 heavy (non-hydrogen) atoms. The highest BCUT2D eigenvalue weighted by atomic mass is 35.5. The van der Waals surface area contributed by atoms with E-state index in [1.54, 1.807) is 12.1 Å². The summed E-state index contributed by atoms with van der Waals surface area (Å²) in [4.78, 5) is 0. The fraction of sp³-hybridized carbons (Fsp3) is 0.125. The van der Waals surface area contributed by atoms with Crippen molar-refractivity contribution in [2.45, 2.75) is 5.75 Å². The van der Waals surface area contributed by atoms with Crippen LogP contribution in [0.3, 0.4) is 0 Å². The van der Waals surface area contributed by atoms with Crippen molar-refractivity contribution in [1.82, 2.24) is 0 Å². The molecule has 1 aromatic carbocycles. The van der Waals surface area contributed by atoms with E-state index in [1.807, 2.05) is 6.07 Å². The van der Waals surface area contributed by atoms with Crippen LogP contribution in [0.1, 0.15) is 11.1 Å². The highest BCUT2D eigenvalue weighted by molar-refractivity contribution is 7.78. The van der Waals surface area contributed by atoms with Crippen molar-refractivity contribution in [2.75, 3.05) is 0 Å². The third-order valence-electron chi connectivity index (χ3n) is 1.44. The van der Waals surface area contributed by atoms with Gasteiger partial charge in [0.15, 0.2) is 11.1 Å². The average molecular weight is 216 g/mol.